The Bertz CT molecular complexity index is 1520. The van der Waals surface area contributed by atoms with Gasteiger partial charge in [0.1, 0.15) is 6.04 Å². The Morgan fingerprint density at radius 1 is 1.11 bits per heavy atom. The van der Waals surface area contributed by atoms with Crippen molar-refractivity contribution in [2.45, 2.75) is 51.1 Å². The lowest BCUT2D eigenvalue weighted by atomic mass is 10.1. The molecular formula is C27H28N4O3S2. The molecule has 0 N–H and O–H groups in total. The molecule has 2 aromatic heterocycles. The van der Waals surface area contributed by atoms with Crippen molar-refractivity contribution in [3.63, 3.8) is 0 Å². The van der Waals surface area contributed by atoms with Gasteiger partial charge in [0, 0.05) is 18.9 Å². The number of rotatable bonds is 6. The molecule has 186 valence electrons. The molecule has 3 heterocycles. The van der Waals surface area contributed by atoms with Gasteiger partial charge in [-0.05, 0) is 74.6 Å². The molecule has 0 saturated carbocycles. The molecule has 4 aromatic rings. The largest absolute Gasteiger partial charge is 0.282 e. The second-order valence-electron chi connectivity index (χ2n) is 9.22. The number of pyridine rings is 1. The van der Waals surface area contributed by atoms with E-state index in [1.54, 1.807) is 41.6 Å². The van der Waals surface area contributed by atoms with Crippen LogP contribution in [-0.2, 0) is 21.4 Å². The molecule has 0 bridgehead atoms. The molecule has 36 heavy (non-hydrogen) atoms. The number of sulfonamides is 1. The predicted molar refractivity (Wildman–Crippen MR) is 143 cm³/mol. The summed E-state index contributed by atoms with van der Waals surface area (Å²) < 4.78 is 29.4. The third kappa shape index (κ3) is 4.54. The number of hydrogen-bond acceptors (Lipinski definition) is 6. The average Bonchev–Trinajstić information content (AvgIpc) is 3.54. The minimum atomic E-state index is -3.82. The van der Waals surface area contributed by atoms with Crippen molar-refractivity contribution in [2.24, 2.45) is 0 Å². The first-order chi connectivity index (χ1) is 17.3. The summed E-state index contributed by atoms with van der Waals surface area (Å²) in [5, 5.41) is 0.562. The fourth-order valence-corrected chi connectivity index (χ4v) is 7.22. The van der Waals surface area contributed by atoms with E-state index in [0.29, 0.717) is 24.5 Å². The van der Waals surface area contributed by atoms with Crippen molar-refractivity contribution in [3.8, 4) is 0 Å². The third-order valence-electron chi connectivity index (χ3n) is 6.75. The van der Waals surface area contributed by atoms with Gasteiger partial charge in [0.15, 0.2) is 5.13 Å². The topological polar surface area (TPSA) is 83.5 Å². The van der Waals surface area contributed by atoms with Crippen LogP contribution in [-0.4, -0.2) is 41.2 Å². The SMILES string of the molecule is Cc1ccc(S(=O)(=O)N2CCCC2C(=O)N(Cc2cccnc2)c2nc3c(C)c(C)ccc3s2)cc1. The number of hydrogen-bond donors (Lipinski definition) is 0. The van der Waals surface area contributed by atoms with Crippen molar-refractivity contribution in [1.29, 1.82) is 0 Å². The summed E-state index contributed by atoms with van der Waals surface area (Å²) in [6, 6.07) is 13.8. The number of amides is 1. The molecule has 7 nitrogen and oxygen atoms in total. The quantitative estimate of drug-likeness (QED) is 0.357. The summed E-state index contributed by atoms with van der Waals surface area (Å²) in [4.78, 5) is 25.0. The molecule has 1 aliphatic heterocycles. The van der Waals surface area contributed by atoms with E-state index in [4.69, 9.17) is 4.98 Å². The van der Waals surface area contributed by atoms with Gasteiger partial charge < -0.3 is 0 Å². The van der Waals surface area contributed by atoms with Gasteiger partial charge in [-0.1, -0.05) is 41.2 Å². The molecule has 1 atom stereocenters. The molecule has 1 fully saturated rings. The van der Waals surface area contributed by atoms with Gasteiger partial charge in [0.2, 0.25) is 15.9 Å². The number of thiazole rings is 1. The Hall–Kier alpha value is -3.14. The molecule has 1 aliphatic rings. The van der Waals surface area contributed by atoms with Crippen molar-refractivity contribution in [3.05, 3.63) is 83.2 Å². The van der Waals surface area contributed by atoms with Gasteiger partial charge in [0.25, 0.3) is 0 Å². The fraction of sp³-hybridized carbons (Fsp3) is 0.296. The molecule has 1 unspecified atom stereocenters. The number of aryl methyl sites for hydroxylation is 3. The number of fused-ring (bicyclic) bond motifs is 1. The summed E-state index contributed by atoms with van der Waals surface area (Å²) in [6.07, 6.45) is 4.50. The van der Waals surface area contributed by atoms with Crippen molar-refractivity contribution < 1.29 is 13.2 Å². The van der Waals surface area contributed by atoms with Crippen LogP contribution in [0.2, 0.25) is 0 Å². The van der Waals surface area contributed by atoms with Gasteiger partial charge in [-0.3, -0.25) is 14.7 Å². The highest BCUT2D eigenvalue weighted by Gasteiger charge is 2.42. The van der Waals surface area contributed by atoms with E-state index in [9.17, 15) is 13.2 Å². The maximum Gasteiger partial charge on any atom is 0.247 e. The number of anilines is 1. The van der Waals surface area contributed by atoms with E-state index in [1.807, 2.05) is 39.0 Å². The van der Waals surface area contributed by atoms with Crippen LogP contribution in [0.15, 0.2) is 65.8 Å². The highest BCUT2D eigenvalue weighted by Crippen LogP contribution is 2.35. The van der Waals surface area contributed by atoms with Crippen molar-refractivity contribution >= 4 is 42.6 Å². The Morgan fingerprint density at radius 3 is 2.61 bits per heavy atom. The van der Waals surface area contributed by atoms with Gasteiger partial charge >= 0.3 is 0 Å². The van der Waals surface area contributed by atoms with Crippen LogP contribution >= 0.6 is 11.3 Å². The highest BCUT2D eigenvalue weighted by atomic mass is 32.2. The maximum absolute atomic E-state index is 14.1. The summed E-state index contributed by atoms with van der Waals surface area (Å²) >= 11 is 1.45. The second kappa shape index (κ2) is 9.72. The van der Waals surface area contributed by atoms with E-state index in [0.717, 1.165) is 32.5 Å². The Kier molecular flexibility index (Phi) is 6.63. The first-order valence-corrected chi connectivity index (χ1v) is 14.2. The number of nitrogens with zero attached hydrogens (tertiary/aromatic N) is 4. The number of benzene rings is 2. The summed E-state index contributed by atoms with van der Waals surface area (Å²) in [6.45, 7) is 6.56. The van der Waals surface area contributed by atoms with E-state index < -0.39 is 16.1 Å². The number of carbonyl (C=O) groups is 1. The van der Waals surface area contributed by atoms with Crippen LogP contribution in [0.25, 0.3) is 10.2 Å². The van der Waals surface area contributed by atoms with Crippen LogP contribution in [0.3, 0.4) is 0 Å². The van der Waals surface area contributed by atoms with Crippen LogP contribution < -0.4 is 4.90 Å². The normalized spacial score (nSPS) is 16.5. The predicted octanol–water partition coefficient (Wildman–Crippen LogP) is 5.00. The van der Waals surface area contributed by atoms with Crippen LogP contribution in [0.1, 0.15) is 35.1 Å². The highest BCUT2D eigenvalue weighted by molar-refractivity contribution is 7.89. The second-order valence-corrected chi connectivity index (χ2v) is 12.1. The minimum absolute atomic E-state index is 0.206. The Balaban J connectivity index is 1.54. The van der Waals surface area contributed by atoms with Crippen molar-refractivity contribution in [1.82, 2.24) is 14.3 Å². The first-order valence-electron chi connectivity index (χ1n) is 11.9. The van der Waals surface area contributed by atoms with E-state index in [2.05, 4.69) is 11.1 Å². The van der Waals surface area contributed by atoms with Crippen LogP contribution in [0.4, 0.5) is 5.13 Å². The lowest BCUT2D eigenvalue weighted by Gasteiger charge is -2.28. The Labute approximate surface area is 215 Å². The molecule has 5 rings (SSSR count). The number of aromatic nitrogens is 2. The lowest BCUT2D eigenvalue weighted by Crippen LogP contribution is -2.47. The molecule has 9 heteroatoms. The summed E-state index contributed by atoms with van der Waals surface area (Å²) in [5.41, 5.74) is 4.91. The zero-order chi connectivity index (χ0) is 25.4. The molecule has 1 amide bonds. The monoisotopic (exact) mass is 520 g/mol. The van der Waals surface area contributed by atoms with Gasteiger partial charge in [-0.2, -0.15) is 4.31 Å². The standard InChI is InChI=1S/C27H28N4O3S2/c1-18-8-11-22(12-9-18)36(33,34)31-15-5-7-23(31)26(32)30(17-21-6-4-14-28-16-21)27-29-25-20(3)19(2)10-13-24(25)35-27/h4,6,8-14,16,23H,5,7,15,17H2,1-3H3. The molecular weight excluding hydrogens is 492 g/mol. The molecule has 2 aromatic carbocycles. The van der Waals surface area contributed by atoms with Crippen molar-refractivity contribution in [2.75, 3.05) is 11.4 Å². The zero-order valence-corrected chi connectivity index (χ0v) is 22.1. The summed E-state index contributed by atoms with van der Waals surface area (Å²) in [7, 11) is -3.82. The molecule has 0 aliphatic carbocycles. The number of carbonyl (C=O) groups excluding carboxylic acids is 1. The van der Waals surface area contributed by atoms with Gasteiger partial charge in [-0.15, -0.1) is 0 Å². The first kappa shape index (κ1) is 24.5. The van der Waals surface area contributed by atoms with E-state index >= 15 is 0 Å². The van der Waals surface area contributed by atoms with Crippen LogP contribution in [0, 0.1) is 20.8 Å². The molecule has 0 radical (unpaired) electrons. The van der Waals surface area contributed by atoms with Crippen LogP contribution in [0.5, 0.6) is 0 Å². The molecule has 1 saturated heterocycles. The van der Waals surface area contributed by atoms with Gasteiger partial charge in [-0.25, -0.2) is 13.4 Å². The molecule has 0 spiro atoms. The van der Waals surface area contributed by atoms with E-state index in [1.165, 1.54) is 15.6 Å². The smallest absolute Gasteiger partial charge is 0.247 e. The third-order valence-corrected chi connectivity index (χ3v) is 9.72. The Morgan fingerprint density at radius 2 is 1.89 bits per heavy atom. The fourth-order valence-electron chi connectivity index (χ4n) is 4.54. The van der Waals surface area contributed by atoms with E-state index in [-0.39, 0.29) is 17.3 Å². The summed E-state index contributed by atoms with van der Waals surface area (Å²) in [5.74, 6) is -0.263. The minimum Gasteiger partial charge on any atom is -0.282 e. The van der Waals surface area contributed by atoms with Gasteiger partial charge in [0.05, 0.1) is 21.7 Å². The lowest BCUT2D eigenvalue weighted by molar-refractivity contribution is -0.121. The average molecular weight is 521 g/mol. The maximum atomic E-state index is 14.1. The zero-order valence-electron chi connectivity index (χ0n) is 20.5.